The number of carbonyl (C=O) groups excluding carboxylic acids is 1. The molecule has 0 spiro atoms. The molecule has 1 atom stereocenters. The minimum atomic E-state index is 0.0425. The molecule has 120 valence electrons. The lowest BCUT2D eigenvalue weighted by Gasteiger charge is -2.32. The van der Waals surface area contributed by atoms with Crippen LogP contribution in [-0.2, 0) is 4.79 Å². The average Bonchev–Trinajstić information content (AvgIpc) is 3.07. The molecule has 5 heteroatoms. The second-order valence-corrected chi connectivity index (χ2v) is 6.45. The van der Waals surface area contributed by atoms with Gasteiger partial charge in [0.25, 0.3) is 0 Å². The first-order chi connectivity index (χ1) is 10.8. The number of rotatable bonds is 5. The first kappa shape index (κ1) is 15.3. The summed E-state index contributed by atoms with van der Waals surface area (Å²) in [4.78, 5) is 22.5. The quantitative estimate of drug-likeness (QED) is 0.839. The van der Waals surface area contributed by atoms with Crippen LogP contribution in [0.4, 0.5) is 0 Å². The van der Waals surface area contributed by atoms with Gasteiger partial charge in [0.15, 0.2) is 0 Å². The smallest absolute Gasteiger partial charge is 0.232 e. The number of likely N-dealkylation sites (tertiary alicyclic amines) is 1. The lowest BCUT2D eigenvalue weighted by atomic mass is 10.0. The number of aromatic nitrogens is 2. The third-order valence-corrected chi connectivity index (χ3v) is 4.80. The van der Waals surface area contributed by atoms with Crippen molar-refractivity contribution in [1.29, 1.82) is 0 Å². The second-order valence-electron chi connectivity index (χ2n) is 6.45. The zero-order chi connectivity index (χ0) is 15.2. The van der Waals surface area contributed by atoms with E-state index < -0.39 is 0 Å². The van der Waals surface area contributed by atoms with Crippen LogP contribution in [0.15, 0.2) is 18.6 Å². The molecule has 22 heavy (non-hydrogen) atoms. The summed E-state index contributed by atoms with van der Waals surface area (Å²) in [5, 5.41) is 0. The molecule has 0 aromatic carbocycles. The number of piperidine rings is 1. The van der Waals surface area contributed by atoms with Crippen molar-refractivity contribution in [3.05, 3.63) is 18.6 Å². The lowest BCUT2D eigenvalue weighted by molar-refractivity contribution is -0.134. The SMILES string of the molecule is O=C(CCC1CCCC1)N1CCC[C@@H](Oc2cnccn2)C1. The summed E-state index contributed by atoms with van der Waals surface area (Å²) in [6, 6.07) is 0. The highest BCUT2D eigenvalue weighted by Gasteiger charge is 2.26. The van der Waals surface area contributed by atoms with Crippen molar-refractivity contribution in [2.24, 2.45) is 5.92 Å². The van der Waals surface area contributed by atoms with E-state index in [9.17, 15) is 4.79 Å². The molecule has 1 aliphatic carbocycles. The Morgan fingerprint density at radius 1 is 1.23 bits per heavy atom. The van der Waals surface area contributed by atoms with Crippen LogP contribution < -0.4 is 4.74 Å². The summed E-state index contributed by atoms with van der Waals surface area (Å²) >= 11 is 0. The minimum Gasteiger partial charge on any atom is -0.471 e. The second kappa shape index (κ2) is 7.56. The molecule has 1 saturated heterocycles. The van der Waals surface area contributed by atoms with E-state index in [0.717, 1.165) is 31.7 Å². The molecular formula is C17H25N3O2. The van der Waals surface area contributed by atoms with E-state index in [4.69, 9.17) is 4.74 Å². The average molecular weight is 303 g/mol. The zero-order valence-electron chi connectivity index (χ0n) is 13.1. The summed E-state index contributed by atoms with van der Waals surface area (Å²) in [5.41, 5.74) is 0. The van der Waals surface area contributed by atoms with E-state index in [2.05, 4.69) is 9.97 Å². The van der Waals surface area contributed by atoms with Gasteiger partial charge in [0.05, 0.1) is 12.7 Å². The van der Waals surface area contributed by atoms with Crippen molar-refractivity contribution >= 4 is 5.91 Å². The number of hydrogen-bond acceptors (Lipinski definition) is 4. The van der Waals surface area contributed by atoms with E-state index >= 15 is 0 Å². The fraction of sp³-hybridized carbons (Fsp3) is 0.706. The molecule has 0 bridgehead atoms. The highest BCUT2D eigenvalue weighted by molar-refractivity contribution is 5.76. The number of hydrogen-bond donors (Lipinski definition) is 0. The van der Waals surface area contributed by atoms with E-state index in [1.807, 2.05) is 4.90 Å². The van der Waals surface area contributed by atoms with Gasteiger partial charge in [-0.1, -0.05) is 25.7 Å². The normalized spacial score (nSPS) is 22.7. The van der Waals surface area contributed by atoms with Gasteiger partial charge in [-0.25, -0.2) is 4.98 Å². The van der Waals surface area contributed by atoms with E-state index in [1.165, 1.54) is 25.7 Å². The molecule has 1 amide bonds. The number of amides is 1. The molecule has 5 nitrogen and oxygen atoms in total. The van der Waals surface area contributed by atoms with Gasteiger partial charge in [-0.3, -0.25) is 9.78 Å². The maximum Gasteiger partial charge on any atom is 0.232 e. The fourth-order valence-corrected chi connectivity index (χ4v) is 3.56. The van der Waals surface area contributed by atoms with Crippen molar-refractivity contribution < 1.29 is 9.53 Å². The molecular weight excluding hydrogens is 278 g/mol. The Bertz CT molecular complexity index is 474. The van der Waals surface area contributed by atoms with Gasteiger partial charge in [0.1, 0.15) is 6.10 Å². The third-order valence-electron chi connectivity index (χ3n) is 4.80. The Hall–Kier alpha value is -1.65. The summed E-state index contributed by atoms with van der Waals surface area (Å²) in [5.74, 6) is 1.62. The highest BCUT2D eigenvalue weighted by atomic mass is 16.5. The van der Waals surface area contributed by atoms with Crippen LogP contribution in [0.3, 0.4) is 0 Å². The summed E-state index contributed by atoms with van der Waals surface area (Å²) < 4.78 is 5.85. The molecule has 2 aliphatic rings. The van der Waals surface area contributed by atoms with E-state index in [1.54, 1.807) is 18.6 Å². The zero-order valence-corrected chi connectivity index (χ0v) is 13.1. The predicted molar refractivity (Wildman–Crippen MR) is 83.5 cm³/mol. The lowest BCUT2D eigenvalue weighted by Crippen LogP contribution is -2.44. The van der Waals surface area contributed by atoms with E-state index in [0.29, 0.717) is 24.8 Å². The van der Waals surface area contributed by atoms with Gasteiger partial charge in [-0.2, -0.15) is 0 Å². The van der Waals surface area contributed by atoms with Gasteiger partial charge in [0.2, 0.25) is 11.8 Å². The monoisotopic (exact) mass is 303 g/mol. The molecule has 0 unspecified atom stereocenters. The van der Waals surface area contributed by atoms with Crippen molar-refractivity contribution in [1.82, 2.24) is 14.9 Å². The van der Waals surface area contributed by atoms with Crippen molar-refractivity contribution in [3.63, 3.8) is 0 Å². The number of nitrogens with zero attached hydrogens (tertiary/aromatic N) is 3. The summed E-state index contributed by atoms with van der Waals surface area (Å²) in [7, 11) is 0. The van der Waals surface area contributed by atoms with Gasteiger partial charge >= 0.3 is 0 Å². The van der Waals surface area contributed by atoms with Gasteiger partial charge in [0, 0.05) is 25.4 Å². The minimum absolute atomic E-state index is 0.0425. The first-order valence-corrected chi connectivity index (χ1v) is 8.52. The van der Waals surface area contributed by atoms with Crippen LogP contribution in [0.25, 0.3) is 0 Å². The maximum atomic E-state index is 12.4. The van der Waals surface area contributed by atoms with Gasteiger partial charge < -0.3 is 9.64 Å². The molecule has 2 heterocycles. The molecule has 1 aromatic heterocycles. The van der Waals surface area contributed by atoms with Crippen LogP contribution in [0, 0.1) is 5.92 Å². The highest BCUT2D eigenvalue weighted by Crippen LogP contribution is 2.29. The van der Waals surface area contributed by atoms with Crippen LogP contribution >= 0.6 is 0 Å². The van der Waals surface area contributed by atoms with Crippen LogP contribution in [0.5, 0.6) is 5.88 Å². The largest absolute Gasteiger partial charge is 0.471 e. The summed E-state index contributed by atoms with van der Waals surface area (Å²) in [6.45, 7) is 1.55. The maximum absolute atomic E-state index is 12.4. The number of ether oxygens (including phenoxy) is 1. The Morgan fingerprint density at radius 3 is 2.86 bits per heavy atom. The van der Waals surface area contributed by atoms with Crippen LogP contribution in [-0.4, -0.2) is 40.0 Å². The Labute approximate surface area is 132 Å². The predicted octanol–water partition coefficient (Wildman–Crippen LogP) is 2.82. The standard InChI is InChI=1S/C17H25N3O2/c21-17(8-7-14-4-1-2-5-14)20-11-3-6-15(13-20)22-16-12-18-9-10-19-16/h9-10,12,14-15H,1-8,11,13H2/t15-/m1/s1. The van der Waals surface area contributed by atoms with Crippen LogP contribution in [0.1, 0.15) is 51.4 Å². The van der Waals surface area contributed by atoms with Crippen LogP contribution in [0.2, 0.25) is 0 Å². The molecule has 3 rings (SSSR count). The first-order valence-electron chi connectivity index (χ1n) is 8.52. The molecule has 1 aromatic rings. The Morgan fingerprint density at radius 2 is 2.09 bits per heavy atom. The molecule has 0 N–H and O–H groups in total. The molecule has 1 saturated carbocycles. The van der Waals surface area contributed by atoms with Gasteiger partial charge in [-0.05, 0) is 25.2 Å². The van der Waals surface area contributed by atoms with E-state index in [-0.39, 0.29) is 6.10 Å². The molecule has 1 aliphatic heterocycles. The summed E-state index contributed by atoms with van der Waals surface area (Å²) in [6.07, 6.45) is 14.0. The number of carbonyl (C=O) groups is 1. The Balaban J connectivity index is 1.46. The molecule has 2 fully saturated rings. The topological polar surface area (TPSA) is 55.3 Å². The van der Waals surface area contributed by atoms with Crippen molar-refractivity contribution in [2.45, 2.75) is 57.5 Å². The fourth-order valence-electron chi connectivity index (χ4n) is 3.56. The third kappa shape index (κ3) is 4.18. The van der Waals surface area contributed by atoms with Crippen molar-refractivity contribution in [2.75, 3.05) is 13.1 Å². The molecule has 0 radical (unpaired) electrons. The van der Waals surface area contributed by atoms with Crippen molar-refractivity contribution in [3.8, 4) is 5.88 Å². The van der Waals surface area contributed by atoms with Gasteiger partial charge in [-0.15, -0.1) is 0 Å². The Kier molecular flexibility index (Phi) is 5.24.